The van der Waals surface area contributed by atoms with Crippen LogP contribution in [-0.2, 0) is 10.5 Å². The molecule has 0 aliphatic rings. The molecule has 0 aromatic heterocycles. The van der Waals surface area contributed by atoms with Crippen molar-refractivity contribution in [1.82, 2.24) is 0 Å². The molecular formula is C10H13NOS. The summed E-state index contributed by atoms with van der Waals surface area (Å²) in [4.78, 5) is 10.8. The molecule has 1 N–H and O–H groups in total. The molecule has 1 aromatic rings. The number of anilines is 1. The number of hydrogen-bond donors (Lipinski definition) is 2. The number of aryl methyl sites for hydroxylation is 1. The van der Waals surface area contributed by atoms with E-state index in [1.807, 2.05) is 25.1 Å². The lowest BCUT2D eigenvalue weighted by Crippen LogP contribution is -2.07. The zero-order valence-electron chi connectivity index (χ0n) is 7.79. The van der Waals surface area contributed by atoms with E-state index >= 15 is 0 Å². The monoisotopic (exact) mass is 195 g/mol. The van der Waals surface area contributed by atoms with Crippen LogP contribution in [0.4, 0.5) is 5.69 Å². The lowest BCUT2D eigenvalue weighted by Gasteiger charge is -2.07. The van der Waals surface area contributed by atoms with Crippen molar-refractivity contribution >= 4 is 24.2 Å². The van der Waals surface area contributed by atoms with E-state index in [9.17, 15) is 4.79 Å². The minimum absolute atomic E-state index is 0.0401. The first-order chi connectivity index (χ1) is 6.13. The lowest BCUT2D eigenvalue weighted by atomic mass is 10.1. The van der Waals surface area contributed by atoms with Gasteiger partial charge in [-0.15, -0.1) is 0 Å². The van der Waals surface area contributed by atoms with Crippen LogP contribution in [0.25, 0.3) is 0 Å². The second-order valence-corrected chi connectivity index (χ2v) is 3.30. The highest BCUT2D eigenvalue weighted by Crippen LogP contribution is 2.17. The number of thiol groups is 1. The summed E-state index contributed by atoms with van der Waals surface area (Å²) in [6, 6.07) is 5.89. The van der Waals surface area contributed by atoms with E-state index in [1.54, 1.807) is 0 Å². The summed E-state index contributed by atoms with van der Waals surface area (Å²) in [5, 5.41) is 2.76. The number of carbonyl (C=O) groups is 1. The maximum absolute atomic E-state index is 10.8. The average molecular weight is 195 g/mol. The van der Waals surface area contributed by atoms with Crippen LogP contribution >= 0.6 is 12.6 Å². The van der Waals surface area contributed by atoms with E-state index in [-0.39, 0.29) is 5.91 Å². The minimum atomic E-state index is -0.0401. The fourth-order valence-electron chi connectivity index (χ4n) is 1.15. The molecule has 0 unspecified atom stereocenters. The Morgan fingerprint density at radius 1 is 1.54 bits per heavy atom. The van der Waals surface area contributed by atoms with Crippen molar-refractivity contribution < 1.29 is 4.79 Å². The highest BCUT2D eigenvalue weighted by molar-refractivity contribution is 7.79. The summed E-state index contributed by atoms with van der Waals surface area (Å²) >= 11 is 4.17. The Morgan fingerprint density at radius 2 is 2.23 bits per heavy atom. The zero-order chi connectivity index (χ0) is 9.84. The third kappa shape index (κ3) is 2.77. The van der Waals surface area contributed by atoms with Crippen molar-refractivity contribution in [3.63, 3.8) is 0 Å². The molecule has 13 heavy (non-hydrogen) atoms. The topological polar surface area (TPSA) is 29.1 Å². The summed E-state index contributed by atoms with van der Waals surface area (Å²) in [6.45, 7) is 3.48. The third-order valence-electron chi connectivity index (χ3n) is 1.78. The average Bonchev–Trinajstić information content (AvgIpc) is 2.08. The number of carbonyl (C=O) groups excluding carboxylic acids is 1. The fraction of sp³-hybridized carbons (Fsp3) is 0.300. The number of benzene rings is 1. The first-order valence-corrected chi connectivity index (χ1v) is 4.74. The molecule has 70 valence electrons. The van der Waals surface area contributed by atoms with Crippen LogP contribution in [0.3, 0.4) is 0 Å². The van der Waals surface area contributed by atoms with Crippen molar-refractivity contribution in [2.75, 3.05) is 5.32 Å². The van der Waals surface area contributed by atoms with E-state index in [1.165, 1.54) is 6.92 Å². The lowest BCUT2D eigenvalue weighted by molar-refractivity contribution is -0.114. The van der Waals surface area contributed by atoms with Gasteiger partial charge in [0, 0.05) is 18.4 Å². The van der Waals surface area contributed by atoms with Crippen LogP contribution in [0.2, 0.25) is 0 Å². The standard InChI is InChI=1S/C10H13NOS/c1-7-5-9(6-13)3-4-10(7)11-8(2)12/h3-5,13H,6H2,1-2H3,(H,11,12). The molecule has 0 aliphatic heterocycles. The Labute approximate surface area is 83.8 Å². The van der Waals surface area contributed by atoms with Gasteiger partial charge < -0.3 is 5.32 Å². The van der Waals surface area contributed by atoms with Crippen LogP contribution in [0, 0.1) is 6.92 Å². The Morgan fingerprint density at radius 3 is 2.69 bits per heavy atom. The molecule has 0 fully saturated rings. The van der Waals surface area contributed by atoms with Gasteiger partial charge in [-0.2, -0.15) is 12.6 Å². The molecule has 1 aromatic carbocycles. The van der Waals surface area contributed by atoms with Gasteiger partial charge in [-0.05, 0) is 24.1 Å². The maximum Gasteiger partial charge on any atom is 0.221 e. The van der Waals surface area contributed by atoms with Crippen LogP contribution < -0.4 is 5.32 Å². The summed E-state index contributed by atoms with van der Waals surface area (Å²) in [5.74, 6) is 0.683. The quantitative estimate of drug-likeness (QED) is 0.697. The Balaban J connectivity index is 2.91. The minimum Gasteiger partial charge on any atom is -0.326 e. The van der Waals surface area contributed by atoms with E-state index < -0.39 is 0 Å². The van der Waals surface area contributed by atoms with Gasteiger partial charge in [-0.3, -0.25) is 4.79 Å². The van der Waals surface area contributed by atoms with Gasteiger partial charge >= 0.3 is 0 Å². The molecule has 0 bridgehead atoms. The third-order valence-corrected chi connectivity index (χ3v) is 2.15. The Kier molecular flexibility index (Phi) is 3.37. The molecule has 1 amide bonds. The van der Waals surface area contributed by atoms with Gasteiger partial charge in [-0.25, -0.2) is 0 Å². The second-order valence-electron chi connectivity index (χ2n) is 2.99. The number of hydrogen-bond acceptors (Lipinski definition) is 2. The largest absolute Gasteiger partial charge is 0.326 e. The van der Waals surface area contributed by atoms with Gasteiger partial charge in [0.25, 0.3) is 0 Å². The predicted molar refractivity (Wildman–Crippen MR) is 58.2 cm³/mol. The molecule has 3 heteroatoms. The first-order valence-electron chi connectivity index (χ1n) is 4.11. The molecule has 0 heterocycles. The summed E-state index contributed by atoms with van der Waals surface area (Å²) in [6.07, 6.45) is 0. The fourth-order valence-corrected chi connectivity index (χ4v) is 1.35. The van der Waals surface area contributed by atoms with Crippen LogP contribution in [0.15, 0.2) is 18.2 Å². The van der Waals surface area contributed by atoms with E-state index in [4.69, 9.17) is 0 Å². The second kappa shape index (κ2) is 4.33. The Bertz CT molecular complexity index is 323. The SMILES string of the molecule is CC(=O)Nc1ccc(CS)cc1C. The van der Waals surface area contributed by atoms with Gasteiger partial charge in [0.1, 0.15) is 0 Å². The van der Waals surface area contributed by atoms with Crippen molar-refractivity contribution in [2.45, 2.75) is 19.6 Å². The molecule has 0 saturated carbocycles. The summed E-state index contributed by atoms with van der Waals surface area (Å²) < 4.78 is 0. The van der Waals surface area contributed by atoms with Gasteiger partial charge in [0.2, 0.25) is 5.91 Å². The van der Waals surface area contributed by atoms with Crippen molar-refractivity contribution in [3.05, 3.63) is 29.3 Å². The predicted octanol–water partition coefficient (Wildman–Crippen LogP) is 2.38. The number of amides is 1. The Hall–Kier alpha value is -0.960. The van der Waals surface area contributed by atoms with Crippen LogP contribution in [0.5, 0.6) is 0 Å². The molecular weight excluding hydrogens is 182 g/mol. The molecule has 0 radical (unpaired) electrons. The molecule has 0 aliphatic carbocycles. The zero-order valence-corrected chi connectivity index (χ0v) is 8.69. The highest BCUT2D eigenvalue weighted by Gasteiger charge is 2.00. The van der Waals surface area contributed by atoms with Crippen LogP contribution in [-0.4, -0.2) is 5.91 Å². The van der Waals surface area contributed by atoms with Crippen LogP contribution in [0.1, 0.15) is 18.1 Å². The van der Waals surface area contributed by atoms with Crippen molar-refractivity contribution in [1.29, 1.82) is 0 Å². The molecule has 0 spiro atoms. The van der Waals surface area contributed by atoms with E-state index in [0.29, 0.717) is 0 Å². The molecule has 1 rings (SSSR count). The summed E-state index contributed by atoms with van der Waals surface area (Å²) in [7, 11) is 0. The van der Waals surface area contributed by atoms with Gasteiger partial charge in [0.05, 0.1) is 0 Å². The van der Waals surface area contributed by atoms with Gasteiger partial charge in [0.15, 0.2) is 0 Å². The maximum atomic E-state index is 10.8. The molecule has 0 saturated heterocycles. The summed E-state index contributed by atoms with van der Waals surface area (Å²) in [5.41, 5.74) is 3.11. The van der Waals surface area contributed by atoms with Crippen molar-refractivity contribution in [2.24, 2.45) is 0 Å². The van der Waals surface area contributed by atoms with Crippen molar-refractivity contribution in [3.8, 4) is 0 Å². The van der Waals surface area contributed by atoms with E-state index in [0.717, 1.165) is 22.6 Å². The van der Waals surface area contributed by atoms with Gasteiger partial charge in [-0.1, -0.05) is 12.1 Å². The number of nitrogens with one attached hydrogen (secondary N) is 1. The molecule has 2 nitrogen and oxygen atoms in total. The molecule has 0 atom stereocenters. The highest BCUT2D eigenvalue weighted by atomic mass is 32.1. The normalized spacial score (nSPS) is 9.77. The first kappa shape index (κ1) is 10.1. The number of rotatable bonds is 2. The van der Waals surface area contributed by atoms with E-state index in [2.05, 4.69) is 17.9 Å². The smallest absolute Gasteiger partial charge is 0.221 e.